The SMILES string of the molecule is [2H]C([2H])([2H])[N+](CCCCCCCCCCCC)(C([2H])([2H])[2H])C([2H])([2H])[2H]. The topological polar surface area (TPSA) is 0 Å². The average Bonchev–Trinajstić information content (AvgIpc) is 2.40. The van der Waals surface area contributed by atoms with Crippen molar-refractivity contribution >= 4 is 0 Å². The molecule has 0 spiro atoms. The Morgan fingerprint density at radius 2 is 1.12 bits per heavy atom. The molecule has 0 saturated carbocycles. The lowest BCUT2D eigenvalue weighted by molar-refractivity contribution is -0.870. The Morgan fingerprint density at radius 1 is 0.688 bits per heavy atom. The van der Waals surface area contributed by atoms with Crippen molar-refractivity contribution in [1.29, 1.82) is 0 Å². The Morgan fingerprint density at radius 3 is 1.56 bits per heavy atom. The maximum absolute atomic E-state index is 7.56. The fraction of sp³-hybridized carbons (Fsp3) is 1.00. The Bertz CT molecular complexity index is 321. The monoisotopic (exact) mass is 237 g/mol. The van der Waals surface area contributed by atoms with Crippen molar-refractivity contribution in [2.45, 2.75) is 71.1 Å². The molecule has 0 aromatic heterocycles. The van der Waals surface area contributed by atoms with E-state index in [-0.39, 0.29) is 13.0 Å². The van der Waals surface area contributed by atoms with E-state index in [0.29, 0.717) is 6.42 Å². The summed E-state index contributed by atoms with van der Waals surface area (Å²) in [6, 6.07) is 0. The number of hydrogen-bond donors (Lipinski definition) is 0. The van der Waals surface area contributed by atoms with Gasteiger partial charge in [0.2, 0.25) is 0 Å². The van der Waals surface area contributed by atoms with Crippen LogP contribution in [0.2, 0.25) is 0 Å². The van der Waals surface area contributed by atoms with Crippen LogP contribution >= 0.6 is 0 Å². The summed E-state index contributed by atoms with van der Waals surface area (Å²) >= 11 is 0. The summed E-state index contributed by atoms with van der Waals surface area (Å²) in [5, 5.41) is 0. The van der Waals surface area contributed by atoms with Crippen LogP contribution in [-0.2, 0) is 0 Å². The van der Waals surface area contributed by atoms with E-state index in [1.54, 1.807) is 0 Å². The van der Waals surface area contributed by atoms with Gasteiger partial charge >= 0.3 is 0 Å². The summed E-state index contributed by atoms with van der Waals surface area (Å²) in [7, 11) is 0. The molecule has 0 fully saturated rings. The molecule has 0 N–H and O–H groups in total. The predicted octanol–water partition coefficient (Wildman–Crippen LogP) is 4.61. The molecule has 1 heteroatoms. The Kier molecular flexibility index (Phi) is 3.94. The Labute approximate surface area is 116 Å². The van der Waals surface area contributed by atoms with Crippen molar-refractivity contribution in [3.05, 3.63) is 0 Å². The van der Waals surface area contributed by atoms with Crippen molar-refractivity contribution in [2.75, 3.05) is 27.5 Å². The van der Waals surface area contributed by atoms with Gasteiger partial charge in [-0.2, -0.15) is 0 Å². The van der Waals surface area contributed by atoms with E-state index >= 15 is 0 Å². The number of quaternary nitrogens is 1. The van der Waals surface area contributed by atoms with Gasteiger partial charge < -0.3 is 4.48 Å². The molecule has 0 radical (unpaired) electrons. The van der Waals surface area contributed by atoms with E-state index in [1.807, 2.05) is 0 Å². The van der Waals surface area contributed by atoms with E-state index < -0.39 is 25.4 Å². The van der Waals surface area contributed by atoms with E-state index in [1.165, 1.54) is 32.1 Å². The maximum atomic E-state index is 7.56. The Balaban J connectivity index is 4.49. The average molecular weight is 237 g/mol. The molecule has 0 aliphatic heterocycles. The summed E-state index contributed by atoms with van der Waals surface area (Å²) < 4.78 is 66.2. The molecule has 0 heterocycles. The van der Waals surface area contributed by atoms with Crippen LogP contribution < -0.4 is 0 Å². The zero-order chi connectivity index (χ0) is 19.8. The summed E-state index contributed by atoms with van der Waals surface area (Å²) in [5.74, 6) is 0. The fourth-order valence-electron chi connectivity index (χ4n) is 1.84. The van der Waals surface area contributed by atoms with Crippen LogP contribution in [0.3, 0.4) is 0 Å². The normalized spacial score (nSPS) is 22.7. The quantitative estimate of drug-likeness (QED) is 0.363. The first kappa shape index (κ1) is 6.22. The van der Waals surface area contributed by atoms with E-state index in [2.05, 4.69) is 6.92 Å². The summed E-state index contributed by atoms with van der Waals surface area (Å²) in [5.41, 5.74) is 0. The smallest absolute Gasteiger partial charge is 0.0886 e. The number of nitrogens with zero attached hydrogens (tertiary/aromatic N) is 1. The first-order chi connectivity index (χ1) is 11.3. The third kappa shape index (κ3) is 14.0. The molecule has 0 aromatic rings. The number of unbranched alkanes of at least 4 members (excludes halogenated alkanes) is 9. The van der Waals surface area contributed by atoms with Crippen LogP contribution in [-0.4, -0.2) is 32.0 Å². The van der Waals surface area contributed by atoms with Gasteiger partial charge in [0.1, 0.15) is 0 Å². The lowest BCUT2D eigenvalue weighted by Crippen LogP contribution is -2.35. The molecule has 0 amide bonds. The van der Waals surface area contributed by atoms with Crippen molar-refractivity contribution < 1.29 is 16.8 Å². The van der Waals surface area contributed by atoms with E-state index in [0.717, 1.165) is 19.3 Å². The summed E-state index contributed by atoms with van der Waals surface area (Å²) in [4.78, 5) is 0. The molecule has 0 saturated heterocycles. The van der Waals surface area contributed by atoms with Crippen LogP contribution in [0.5, 0.6) is 0 Å². The molecule has 0 aliphatic rings. The second-order valence-electron chi connectivity index (χ2n) is 4.72. The largest absolute Gasteiger partial charge is 0.331 e. The summed E-state index contributed by atoms with van der Waals surface area (Å²) in [6.07, 6.45) is 10.1. The maximum Gasteiger partial charge on any atom is 0.0886 e. The van der Waals surface area contributed by atoms with Crippen LogP contribution in [0.15, 0.2) is 0 Å². The molecular formula is C15H34N+. The van der Waals surface area contributed by atoms with Crippen molar-refractivity contribution in [1.82, 2.24) is 0 Å². The second-order valence-corrected chi connectivity index (χ2v) is 4.72. The molecule has 0 rings (SSSR count). The standard InChI is InChI=1S/C15H34N/c1-5-6-7-8-9-10-11-12-13-14-15-16(2,3)4/h5-15H2,1-4H3/q+1/i2D3,3D3,4D3. The van der Waals surface area contributed by atoms with Gasteiger partial charge in [-0.25, -0.2) is 0 Å². The molecule has 98 valence electrons. The van der Waals surface area contributed by atoms with Gasteiger partial charge in [0.05, 0.1) is 39.8 Å². The lowest BCUT2D eigenvalue weighted by Gasteiger charge is -2.23. The van der Waals surface area contributed by atoms with Gasteiger partial charge in [0.25, 0.3) is 0 Å². The lowest BCUT2D eigenvalue weighted by atomic mass is 10.1. The predicted molar refractivity (Wildman–Crippen MR) is 74.7 cm³/mol. The molecule has 0 atom stereocenters. The zero-order valence-corrected chi connectivity index (χ0v) is 10.7. The van der Waals surface area contributed by atoms with Crippen LogP contribution in [0.4, 0.5) is 0 Å². The van der Waals surface area contributed by atoms with E-state index in [9.17, 15) is 0 Å². The third-order valence-electron chi connectivity index (χ3n) is 2.85. The van der Waals surface area contributed by atoms with E-state index in [4.69, 9.17) is 12.3 Å². The third-order valence-corrected chi connectivity index (χ3v) is 2.85. The van der Waals surface area contributed by atoms with Gasteiger partial charge in [-0.15, -0.1) is 0 Å². The van der Waals surface area contributed by atoms with Gasteiger partial charge in [-0.05, 0) is 12.8 Å². The van der Waals surface area contributed by atoms with Crippen molar-refractivity contribution in [3.8, 4) is 0 Å². The minimum absolute atomic E-state index is 0.283. The first-order valence-corrected chi connectivity index (χ1v) is 6.69. The van der Waals surface area contributed by atoms with Gasteiger partial charge in [0.15, 0.2) is 0 Å². The molecule has 0 aromatic carbocycles. The molecule has 16 heavy (non-hydrogen) atoms. The highest BCUT2D eigenvalue weighted by molar-refractivity contribution is 4.47. The molecule has 0 aliphatic carbocycles. The van der Waals surface area contributed by atoms with Gasteiger partial charge in [-0.3, -0.25) is 0 Å². The van der Waals surface area contributed by atoms with Crippen LogP contribution in [0.1, 0.15) is 83.5 Å². The molecule has 0 bridgehead atoms. The minimum atomic E-state index is -3.12. The highest BCUT2D eigenvalue weighted by Gasteiger charge is 2.04. The number of hydrogen-bond acceptors (Lipinski definition) is 0. The van der Waals surface area contributed by atoms with Gasteiger partial charge in [0, 0.05) is 0 Å². The molecule has 0 unspecified atom stereocenters. The van der Waals surface area contributed by atoms with Crippen LogP contribution in [0, 0.1) is 0 Å². The number of rotatable bonds is 11. The second kappa shape index (κ2) is 10.1. The van der Waals surface area contributed by atoms with Crippen molar-refractivity contribution in [3.63, 3.8) is 0 Å². The van der Waals surface area contributed by atoms with Crippen LogP contribution in [0.25, 0.3) is 0 Å². The van der Waals surface area contributed by atoms with Gasteiger partial charge in [-0.1, -0.05) is 58.3 Å². The fourth-order valence-corrected chi connectivity index (χ4v) is 1.84. The summed E-state index contributed by atoms with van der Waals surface area (Å²) in [6.45, 7) is -7.56. The minimum Gasteiger partial charge on any atom is -0.331 e. The molecule has 1 nitrogen and oxygen atoms in total. The highest BCUT2D eigenvalue weighted by Crippen LogP contribution is 2.10. The van der Waals surface area contributed by atoms with Crippen molar-refractivity contribution in [2.24, 2.45) is 0 Å². The first-order valence-electron chi connectivity index (χ1n) is 11.2. The highest BCUT2D eigenvalue weighted by atomic mass is 15.3. The zero-order valence-electron chi connectivity index (χ0n) is 19.7. The Hall–Kier alpha value is -0.0400. The molecular weight excluding hydrogens is 194 g/mol.